The second-order valence-electron chi connectivity index (χ2n) is 6.22. The van der Waals surface area contributed by atoms with E-state index in [1.165, 1.54) is 12.1 Å². The molecule has 1 fully saturated rings. The second kappa shape index (κ2) is 11.4. The zero-order chi connectivity index (χ0) is 20.5. The highest BCUT2D eigenvalue weighted by Crippen LogP contribution is 2.56. The molecule has 0 N–H and O–H groups in total. The van der Waals surface area contributed by atoms with Gasteiger partial charge in [-0.15, -0.1) is 0 Å². The van der Waals surface area contributed by atoms with Crippen molar-refractivity contribution < 1.29 is 31.5 Å². The summed E-state index contributed by atoms with van der Waals surface area (Å²) < 4.78 is 61.1. The first-order valence-corrected chi connectivity index (χ1v) is 12.7. The Morgan fingerprint density at radius 1 is 1.11 bits per heavy atom. The van der Waals surface area contributed by atoms with Gasteiger partial charge in [0, 0.05) is 19.6 Å². The van der Waals surface area contributed by atoms with Crippen LogP contribution < -0.4 is 0 Å². The first-order valence-electron chi connectivity index (χ1n) is 9.53. The summed E-state index contributed by atoms with van der Waals surface area (Å²) in [6, 6.07) is 7.81. The molecule has 0 aliphatic carbocycles. The Balaban J connectivity index is 2.14. The van der Waals surface area contributed by atoms with Crippen molar-refractivity contribution in [2.75, 3.05) is 52.7 Å². The molecule has 8 nitrogen and oxygen atoms in total. The van der Waals surface area contributed by atoms with Gasteiger partial charge in [-0.2, -0.15) is 0 Å². The standard InChI is InChI=1S/C18H30NO7PS/c1-3-25-27(20,26-4-2)18(28(21,22)17-9-6-5-7-10-17)24-14-8-11-19-12-15-23-16-13-19/h5-7,9-10,18H,3-4,8,11-16H2,1-2H3. The lowest BCUT2D eigenvalue weighted by molar-refractivity contribution is 0.0315. The predicted molar refractivity (Wildman–Crippen MR) is 106 cm³/mol. The quantitative estimate of drug-likeness (QED) is 0.366. The topological polar surface area (TPSA) is 91.4 Å². The van der Waals surface area contributed by atoms with Gasteiger partial charge in [-0.1, -0.05) is 18.2 Å². The normalized spacial score (nSPS) is 17.5. The Morgan fingerprint density at radius 2 is 1.71 bits per heavy atom. The van der Waals surface area contributed by atoms with E-state index in [9.17, 15) is 13.0 Å². The number of benzene rings is 1. The Labute approximate surface area is 167 Å². The summed E-state index contributed by atoms with van der Waals surface area (Å²) in [6.07, 6.45) is 0.596. The average Bonchev–Trinajstić information content (AvgIpc) is 2.69. The SMILES string of the molecule is CCOP(=O)(OCC)C(OCCCN1CCOCC1)S(=O)(=O)c1ccccc1. The molecular formula is C18H30NO7PS. The summed E-state index contributed by atoms with van der Waals surface area (Å²) >= 11 is 0. The van der Waals surface area contributed by atoms with Crippen LogP contribution in [0.4, 0.5) is 0 Å². The molecule has 1 aliphatic heterocycles. The van der Waals surface area contributed by atoms with Crippen LogP contribution in [0.25, 0.3) is 0 Å². The fourth-order valence-corrected chi connectivity index (χ4v) is 7.35. The van der Waals surface area contributed by atoms with Gasteiger partial charge in [0.25, 0.3) is 5.18 Å². The molecule has 10 heteroatoms. The number of hydrogen-bond donors (Lipinski definition) is 0. The predicted octanol–water partition coefficient (Wildman–Crippen LogP) is 2.75. The van der Waals surface area contributed by atoms with E-state index in [0.29, 0.717) is 19.6 Å². The van der Waals surface area contributed by atoms with Crippen LogP contribution in [0.1, 0.15) is 20.3 Å². The lowest BCUT2D eigenvalue weighted by Gasteiger charge is -2.28. The summed E-state index contributed by atoms with van der Waals surface area (Å²) in [5, 5.41) is -1.70. The zero-order valence-corrected chi connectivity index (χ0v) is 18.2. The number of hydrogen-bond acceptors (Lipinski definition) is 8. The van der Waals surface area contributed by atoms with Crippen LogP contribution in [0, 0.1) is 0 Å². The molecule has 1 aliphatic rings. The summed E-state index contributed by atoms with van der Waals surface area (Å²) in [7, 11) is -8.11. The minimum Gasteiger partial charge on any atom is -0.379 e. The highest BCUT2D eigenvalue weighted by Gasteiger charge is 2.47. The van der Waals surface area contributed by atoms with Gasteiger partial charge in [-0.3, -0.25) is 9.46 Å². The summed E-state index contributed by atoms with van der Waals surface area (Å²) in [6.45, 7) is 7.29. The molecule has 28 heavy (non-hydrogen) atoms. The van der Waals surface area contributed by atoms with Crippen molar-refractivity contribution in [3.63, 3.8) is 0 Å². The van der Waals surface area contributed by atoms with E-state index < -0.39 is 22.6 Å². The molecule has 0 bridgehead atoms. The van der Waals surface area contributed by atoms with E-state index in [-0.39, 0.29) is 24.7 Å². The van der Waals surface area contributed by atoms with Crippen molar-refractivity contribution in [3.8, 4) is 0 Å². The van der Waals surface area contributed by atoms with Crippen LogP contribution in [0.5, 0.6) is 0 Å². The lowest BCUT2D eigenvalue weighted by Crippen LogP contribution is -2.37. The van der Waals surface area contributed by atoms with Gasteiger partial charge in [0.2, 0.25) is 9.84 Å². The maximum Gasteiger partial charge on any atom is 0.375 e. The van der Waals surface area contributed by atoms with Crippen molar-refractivity contribution in [1.82, 2.24) is 4.90 Å². The van der Waals surface area contributed by atoms with Crippen LogP contribution in [-0.4, -0.2) is 71.2 Å². The summed E-state index contributed by atoms with van der Waals surface area (Å²) in [5.41, 5.74) is 0. The lowest BCUT2D eigenvalue weighted by atomic mass is 10.3. The Bertz CT molecular complexity index is 713. The number of morpholine rings is 1. The fraction of sp³-hybridized carbons (Fsp3) is 0.667. The molecule has 1 heterocycles. The van der Waals surface area contributed by atoms with Gasteiger partial charge >= 0.3 is 7.60 Å². The van der Waals surface area contributed by atoms with Gasteiger partial charge in [0.15, 0.2) is 0 Å². The van der Waals surface area contributed by atoms with Crippen molar-refractivity contribution in [2.24, 2.45) is 0 Å². The monoisotopic (exact) mass is 435 g/mol. The molecule has 2 rings (SSSR count). The van der Waals surface area contributed by atoms with E-state index in [2.05, 4.69) is 4.90 Å². The van der Waals surface area contributed by atoms with Crippen molar-refractivity contribution in [3.05, 3.63) is 30.3 Å². The summed E-state index contributed by atoms with van der Waals surface area (Å²) in [5.74, 6) is 0. The van der Waals surface area contributed by atoms with E-state index in [1.54, 1.807) is 32.0 Å². The number of sulfone groups is 1. The highest BCUT2D eigenvalue weighted by atomic mass is 32.2. The Morgan fingerprint density at radius 3 is 2.29 bits per heavy atom. The van der Waals surface area contributed by atoms with Gasteiger partial charge in [0.1, 0.15) is 0 Å². The van der Waals surface area contributed by atoms with Crippen molar-refractivity contribution in [1.29, 1.82) is 0 Å². The van der Waals surface area contributed by atoms with Gasteiger partial charge < -0.3 is 18.5 Å². The summed E-state index contributed by atoms with van der Waals surface area (Å²) in [4.78, 5) is 2.24. The van der Waals surface area contributed by atoms with E-state index >= 15 is 0 Å². The Hall–Kier alpha value is -0.800. The third-order valence-corrected chi connectivity index (χ3v) is 9.30. The van der Waals surface area contributed by atoms with Gasteiger partial charge in [-0.25, -0.2) is 8.42 Å². The molecule has 0 radical (unpaired) electrons. The second-order valence-corrected chi connectivity index (χ2v) is 10.6. The molecule has 1 aromatic rings. The molecule has 0 spiro atoms. The maximum atomic E-state index is 13.3. The molecule has 1 saturated heterocycles. The van der Waals surface area contributed by atoms with Crippen molar-refractivity contribution in [2.45, 2.75) is 30.3 Å². The molecular weight excluding hydrogens is 405 g/mol. The van der Waals surface area contributed by atoms with Gasteiger partial charge in [-0.05, 0) is 32.4 Å². The number of ether oxygens (including phenoxy) is 2. The van der Waals surface area contributed by atoms with Crippen LogP contribution in [0.3, 0.4) is 0 Å². The molecule has 160 valence electrons. The molecule has 0 aromatic heterocycles. The largest absolute Gasteiger partial charge is 0.379 e. The first kappa shape index (κ1) is 23.5. The molecule has 1 aromatic carbocycles. The molecule has 1 atom stereocenters. The average molecular weight is 435 g/mol. The van der Waals surface area contributed by atoms with Crippen LogP contribution in [-0.2, 0) is 32.9 Å². The zero-order valence-electron chi connectivity index (χ0n) is 16.5. The van der Waals surface area contributed by atoms with E-state index in [1.807, 2.05) is 0 Å². The maximum absolute atomic E-state index is 13.3. The van der Waals surface area contributed by atoms with Crippen molar-refractivity contribution >= 4 is 17.4 Å². The van der Waals surface area contributed by atoms with Crippen LogP contribution >= 0.6 is 7.60 Å². The molecule has 0 amide bonds. The van der Waals surface area contributed by atoms with Gasteiger partial charge in [0.05, 0.1) is 37.9 Å². The first-order chi connectivity index (χ1) is 13.4. The third-order valence-electron chi connectivity index (χ3n) is 4.20. The minimum absolute atomic E-state index is 0.0211. The number of nitrogens with zero attached hydrogens (tertiary/aromatic N) is 1. The molecule has 0 saturated carbocycles. The van der Waals surface area contributed by atoms with Crippen LogP contribution in [0.15, 0.2) is 35.2 Å². The third kappa shape index (κ3) is 6.35. The molecule has 1 unspecified atom stereocenters. The Kier molecular flexibility index (Phi) is 9.56. The number of rotatable bonds is 12. The van der Waals surface area contributed by atoms with E-state index in [0.717, 1.165) is 19.6 Å². The highest BCUT2D eigenvalue weighted by molar-refractivity contribution is 7.98. The van der Waals surface area contributed by atoms with Crippen LogP contribution in [0.2, 0.25) is 0 Å². The van der Waals surface area contributed by atoms with E-state index in [4.69, 9.17) is 18.5 Å². The fourth-order valence-electron chi connectivity index (χ4n) is 2.89. The minimum atomic E-state index is -4.08. The smallest absolute Gasteiger partial charge is 0.375 e.